The first kappa shape index (κ1) is 15.5. The van der Waals surface area contributed by atoms with Crippen molar-refractivity contribution in [3.05, 3.63) is 42.5 Å². The van der Waals surface area contributed by atoms with Crippen LogP contribution in [0.4, 0.5) is 5.69 Å². The van der Waals surface area contributed by atoms with Gasteiger partial charge in [0.2, 0.25) is 0 Å². The molecule has 7 heteroatoms. The third-order valence-corrected chi connectivity index (χ3v) is 4.38. The van der Waals surface area contributed by atoms with Crippen LogP contribution in [0.5, 0.6) is 0 Å². The summed E-state index contributed by atoms with van der Waals surface area (Å²) in [7, 11) is -3.68. The Morgan fingerprint density at radius 1 is 1.33 bits per heavy atom. The maximum absolute atomic E-state index is 12.4. The second-order valence-corrected chi connectivity index (χ2v) is 6.32. The maximum Gasteiger partial charge on any atom is 0.260 e. The Morgan fingerprint density at radius 2 is 2.14 bits per heavy atom. The van der Waals surface area contributed by atoms with E-state index in [4.69, 9.17) is 4.42 Å². The van der Waals surface area contributed by atoms with Crippen LogP contribution in [0.1, 0.15) is 19.6 Å². The number of sulfonamides is 1. The lowest BCUT2D eigenvalue weighted by molar-refractivity contribution is 0.478. The van der Waals surface area contributed by atoms with Crippen LogP contribution in [0.25, 0.3) is 0 Å². The molecule has 0 saturated heterocycles. The molecule has 0 amide bonds. The normalized spacial score (nSPS) is 13.0. The fraction of sp³-hybridized carbons (Fsp3) is 0.357. The molecule has 0 radical (unpaired) electrons. The average Bonchev–Trinajstić information content (AvgIpc) is 2.91. The number of nitrogens with one attached hydrogen (secondary N) is 2. The number of rotatable bonds is 7. The van der Waals surface area contributed by atoms with E-state index in [1.165, 1.54) is 6.20 Å². The van der Waals surface area contributed by atoms with Crippen LogP contribution in [0.3, 0.4) is 0 Å². The Kier molecular flexibility index (Phi) is 4.98. The van der Waals surface area contributed by atoms with Crippen molar-refractivity contribution < 1.29 is 12.8 Å². The van der Waals surface area contributed by atoms with Crippen LogP contribution >= 0.6 is 0 Å². The Balaban J connectivity index is 2.14. The number of aromatic nitrogens is 1. The summed E-state index contributed by atoms with van der Waals surface area (Å²) in [6.07, 6.45) is 3.51. The zero-order chi connectivity index (χ0) is 15.3. The predicted molar refractivity (Wildman–Crippen MR) is 80.6 cm³/mol. The highest BCUT2D eigenvalue weighted by Gasteiger charge is 2.22. The summed E-state index contributed by atoms with van der Waals surface area (Å²) in [6.45, 7) is 4.31. The fourth-order valence-corrected chi connectivity index (χ4v) is 3.38. The first-order chi connectivity index (χ1) is 10.0. The first-order valence-electron chi connectivity index (χ1n) is 6.76. The summed E-state index contributed by atoms with van der Waals surface area (Å²) < 4.78 is 32.7. The van der Waals surface area contributed by atoms with E-state index in [-0.39, 0.29) is 11.1 Å². The molecule has 1 unspecified atom stereocenters. The van der Waals surface area contributed by atoms with Crippen molar-refractivity contribution in [1.29, 1.82) is 0 Å². The van der Waals surface area contributed by atoms with E-state index in [0.717, 1.165) is 5.76 Å². The van der Waals surface area contributed by atoms with Gasteiger partial charge in [-0.2, -0.15) is 0 Å². The summed E-state index contributed by atoms with van der Waals surface area (Å²) in [6, 6.07) is 6.69. The summed E-state index contributed by atoms with van der Waals surface area (Å²) in [5.41, 5.74) is 0.498. The molecule has 21 heavy (non-hydrogen) atoms. The van der Waals surface area contributed by atoms with Crippen LogP contribution < -0.4 is 10.0 Å². The van der Waals surface area contributed by atoms with E-state index < -0.39 is 10.0 Å². The van der Waals surface area contributed by atoms with Gasteiger partial charge in [-0.1, -0.05) is 0 Å². The average molecular weight is 309 g/mol. The predicted octanol–water partition coefficient (Wildman–Crippen LogP) is 2.02. The van der Waals surface area contributed by atoms with Crippen LogP contribution in [-0.2, 0) is 16.4 Å². The summed E-state index contributed by atoms with van der Waals surface area (Å²) >= 11 is 0. The van der Waals surface area contributed by atoms with Gasteiger partial charge in [0.15, 0.2) is 5.03 Å². The van der Waals surface area contributed by atoms with Crippen molar-refractivity contribution >= 4 is 15.7 Å². The third kappa shape index (κ3) is 4.05. The SMILES string of the molecule is CCNc1cccnc1S(=O)(=O)NC(C)Cc1ccco1. The zero-order valence-electron chi connectivity index (χ0n) is 12.0. The molecule has 0 bridgehead atoms. The third-order valence-electron chi connectivity index (χ3n) is 2.84. The largest absolute Gasteiger partial charge is 0.469 e. The molecule has 1 atom stereocenters. The van der Waals surface area contributed by atoms with E-state index in [9.17, 15) is 8.42 Å². The molecule has 0 aliphatic heterocycles. The molecular formula is C14H19N3O3S. The lowest BCUT2D eigenvalue weighted by atomic mass is 10.2. The van der Waals surface area contributed by atoms with Gasteiger partial charge in [-0.05, 0) is 38.1 Å². The number of anilines is 1. The summed E-state index contributed by atoms with van der Waals surface area (Å²) in [5.74, 6) is 0.734. The molecule has 6 nitrogen and oxygen atoms in total. The number of nitrogens with zero attached hydrogens (tertiary/aromatic N) is 1. The van der Waals surface area contributed by atoms with Gasteiger partial charge in [-0.25, -0.2) is 18.1 Å². The van der Waals surface area contributed by atoms with Gasteiger partial charge in [0, 0.05) is 25.2 Å². The first-order valence-corrected chi connectivity index (χ1v) is 8.25. The van der Waals surface area contributed by atoms with Gasteiger partial charge < -0.3 is 9.73 Å². The highest BCUT2D eigenvalue weighted by Crippen LogP contribution is 2.18. The van der Waals surface area contributed by atoms with Gasteiger partial charge in [0.25, 0.3) is 10.0 Å². The molecule has 2 aromatic heterocycles. The smallest absolute Gasteiger partial charge is 0.260 e. The highest BCUT2D eigenvalue weighted by atomic mass is 32.2. The second kappa shape index (κ2) is 6.73. The molecule has 0 saturated carbocycles. The molecule has 0 aliphatic rings. The molecule has 2 aromatic rings. The van der Waals surface area contributed by atoms with Crippen molar-refractivity contribution in [3.63, 3.8) is 0 Å². The molecule has 2 heterocycles. The topological polar surface area (TPSA) is 84.2 Å². The standard InChI is InChI=1S/C14H19N3O3S/c1-3-15-13-7-4-8-16-14(13)21(18,19)17-11(2)10-12-6-5-9-20-12/h4-9,11,15,17H,3,10H2,1-2H3. The fourth-order valence-electron chi connectivity index (χ4n) is 2.02. The number of hydrogen-bond donors (Lipinski definition) is 2. The summed E-state index contributed by atoms with van der Waals surface area (Å²) in [4.78, 5) is 3.98. The molecule has 0 spiro atoms. The minimum Gasteiger partial charge on any atom is -0.469 e. The zero-order valence-corrected chi connectivity index (χ0v) is 12.9. The van der Waals surface area contributed by atoms with Crippen LogP contribution in [0.15, 0.2) is 46.2 Å². The van der Waals surface area contributed by atoms with Gasteiger partial charge in [0.1, 0.15) is 5.76 Å². The van der Waals surface area contributed by atoms with Crippen molar-refractivity contribution in [3.8, 4) is 0 Å². The number of furan rings is 1. The van der Waals surface area contributed by atoms with Crippen molar-refractivity contribution in [1.82, 2.24) is 9.71 Å². The lowest BCUT2D eigenvalue weighted by Crippen LogP contribution is -2.35. The van der Waals surface area contributed by atoms with Crippen molar-refractivity contribution in [2.45, 2.75) is 31.3 Å². The van der Waals surface area contributed by atoms with Gasteiger partial charge >= 0.3 is 0 Å². The van der Waals surface area contributed by atoms with Crippen molar-refractivity contribution in [2.24, 2.45) is 0 Å². The molecule has 114 valence electrons. The minimum absolute atomic E-state index is 0.0122. The van der Waals surface area contributed by atoms with E-state index in [1.807, 2.05) is 13.0 Å². The van der Waals surface area contributed by atoms with Gasteiger partial charge in [-0.3, -0.25) is 0 Å². The van der Waals surface area contributed by atoms with E-state index in [1.54, 1.807) is 31.4 Å². The van der Waals surface area contributed by atoms with Crippen LogP contribution in [0.2, 0.25) is 0 Å². The monoisotopic (exact) mass is 309 g/mol. The van der Waals surface area contributed by atoms with Crippen LogP contribution in [0, 0.1) is 0 Å². The quantitative estimate of drug-likeness (QED) is 0.817. The Labute approximate surface area is 124 Å². The molecule has 0 fully saturated rings. The lowest BCUT2D eigenvalue weighted by Gasteiger charge is -2.15. The number of pyridine rings is 1. The maximum atomic E-state index is 12.4. The van der Waals surface area contributed by atoms with Crippen LogP contribution in [-0.4, -0.2) is 26.0 Å². The Hall–Kier alpha value is -1.86. The van der Waals surface area contributed by atoms with Crippen molar-refractivity contribution in [2.75, 3.05) is 11.9 Å². The molecule has 2 N–H and O–H groups in total. The van der Waals surface area contributed by atoms with Gasteiger partial charge in [0.05, 0.1) is 12.0 Å². The minimum atomic E-state index is -3.68. The highest BCUT2D eigenvalue weighted by molar-refractivity contribution is 7.89. The molecule has 0 aliphatic carbocycles. The molecule has 0 aromatic carbocycles. The Morgan fingerprint density at radius 3 is 2.81 bits per heavy atom. The van der Waals surface area contributed by atoms with Gasteiger partial charge in [-0.15, -0.1) is 0 Å². The second-order valence-electron chi connectivity index (χ2n) is 4.69. The summed E-state index contributed by atoms with van der Waals surface area (Å²) in [5, 5.41) is 3.01. The van der Waals surface area contributed by atoms with E-state index in [0.29, 0.717) is 18.7 Å². The van der Waals surface area contributed by atoms with E-state index in [2.05, 4.69) is 15.0 Å². The molecular weight excluding hydrogens is 290 g/mol. The Bertz CT molecular complexity index is 669. The van der Waals surface area contributed by atoms with E-state index >= 15 is 0 Å². The number of hydrogen-bond acceptors (Lipinski definition) is 5. The molecule has 2 rings (SSSR count).